The third-order valence-corrected chi connectivity index (χ3v) is 15.7. The van der Waals surface area contributed by atoms with Crippen LogP contribution in [0.15, 0.2) is 206 Å². The van der Waals surface area contributed by atoms with Crippen molar-refractivity contribution in [1.29, 1.82) is 0 Å². The van der Waals surface area contributed by atoms with Crippen molar-refractivity contribution >= 4 is 87.2 Å². The summed E-state index contributed by atoms with van der Waals surface area (Å²) < 4.78 is 2.62. The molecule has 0 radical (unpaired) electrons. The summed E-state index contributed by atoms with van der Waals surface area (Å²) in [6.45, 7) is 9.44. The second-order valence-corrected chi connectivity index (χ2v) is 20.1. The fourth-order valence-corrected chi connectivity index (χ4v) is 12.4. The molecule has 13 rings (SSSR count). The van der Waals surface area contributed by atoms with E-state index in [9.17, 15) is 0 Å². The first-order valence-electron chi connectivity index (χ1n) is 22.7. The lowest BCUT2D eigenvalue weighted by atomic mass is 9.82. The highest BCUT2D eigenvalue weighted by Gasteiger charge is 2.37. The molecule has 2 aliphatic rings. The number of thiophene rings is 1. The van der Waals surface area contributed by atoms with Crippen molar-refractivity contribution in [3.05, 3.63) is 229 Å². The van der Waals surface area contributed by atoms with Gasteiger partial charge in [-0.2, -0.15) is 0 Å². The fourth-order valence-electron chi connectivity index (χ4n) is 11.2. The first-order chi connectivity index (χ1) is 31.7. The Morgan fingerprint density at radius 3 is 1.11 bits per heavy atom. The van der Waals surface area contributed by atoms with Gasteiger partial charge < -0.3 is 9.80 Å². The summed E-state index contributed by atoms with van der Waals surface area (Å²) in [4.78, 5) is 4.84. The molecular formula is C62H46N2S. The van der Waals surface area contributed by atoms with Crippen molar-refractivity contribution < 1.29 is 0 Å². The molecule has 10 aromatic carbocycles. The van der Waals surface area contributed by atoms with Gasteiger partial charge in [0.2, 0.25) is 0 Å². The van der Waals surface area contributed by atoms with E-state index in [4.69, 9.17) is 0 Å². The summed E-state index contributed by atoms with van der Waals surface area (Å²) in [5.74, 6) is 0. The Balaban J connectivity index is 0.924. The van der Waals surface area contributed by atoms with Gasteiger partial charge in [-0.15, -0.1) is 11.3 Å². The molecule has 1 aromatic heterocycles. The number of hydrogen-bond donors (Lipinski definition) is 0. The van der Waals surface area contributed by atoms with Crippen LogP contribution < -0.4 is 9.80 Å². The highest BCUT2D eigenvalue weighted by atomic mass is 32.1. The Labute approximate surface area is 384 Å². The second-order valence-electron chi connectivity index (χ2n) is 19.0. The van der Waals surface area contributed by atoms with Gasteiger partial charge in [0, 0.05) is 65.1 Å². The van der Waals surface area contributed by atoms with E-state index >= 15 is 0 Å². The average Bonchev–Trinajstić information content (AvgIpc) is 3.88. The van der Waals surface area contributed by atoms with Crippen molar-refractivity contribution in [1.82, 2.24) is 0 Å². The summed E-state index contributed by atoms with van der Waals surface area (Å²) in [5, 5.41) is 7.55. The van der Waals surface area contributed by atoms with E-state index in [-0.39, 0.29) is 10.8 Å². The number of para-hydroxylation sites is 2. The van der Waals surface area contributed by atoms with Gasteiger partial charge in [0.1, 0.15) is 0 Å². The number of anilines is 6. The third-order valence-electron chi connectivity index (χ3n) is 14.6. The zero-order valence-electron chi connectivity index (χ0n) is 36.9. The van der Waals surface area contributed by atoms with Gasteiger partial charge in [-0.3, -0.25) is 0 Å². The molecular weight excluding hydrogens is 805 g/mol. The Hall–Kier alpha value is -7.46. The smallest absolute Gasteiger partial charge is 0.0468 e. The highest BCUT2D eigenvalue weighted by Crippen LogP contribution is 2.53. The Morgan fingerprint density at radius 1 is 0.292 bits per heavy atom. The standard InChI is InChI=1S/C62H46N2S/c1-61(2)55-21-13-11-19-49(55)51-29-27-47(37-57(51)61)63(43-15-7-5-8-16-43)45-25-23-39-35-59-53(33-41(39)31-45)54-34-42-32-46(26-24-40(42)36-60(54)65-59)64(44-17-9-6-10-18-44)48-28-30-52-50-20-12-14-22-56(50)62(3,4)58(52)38-48/h5-38H,1-4H3. The van der Waals surface area contributed by atoms with E-state index < -0.39 is 0 Å². The molecule has 11 aromatic rings. The SMILES string of the molecule is CC1(C)c2ccccc2-c2ccc(N(c3ccccc3)c3ccc4cc5sc6cc7ccc(N(c8ccccc8)c8ccc9c(c8)C(C)(C)c8ccccc8-9)cc7cc6c5cc4c3)cc21. The van der Waals surface area contributed by atoms with Crippen molar-refractivity contribution in [3.8, 4) is 22.3 Å². The number of fused-ring (bicyclic) bond motifs is 11. The van der Waals surface area contributed by atoms with Crippen LogP contribution in [-0.2, 0) is 10.8 Å². The molecule has 0 saturated heterocycles. The third kappa shape index (κ3) is 5.78. The highest BCUT2D eigenvalue weighted by molar-refractivity contribution is 7.26. The monoisotopic (exact) mass is 850 g/mol. The summed E-state index contributed by atoms with van der Waals surface area (Å²) in [7, 11) is 0. The zero-order chi connectivity index (χ0) is 43.6. The lowest BCUT2D eigenvalue weighted by Gasteiger charge is -2.28. The van der Waals surface area contributed by atoms with Crippen LogP contribution in [0.5, 0.6) is 0 Å². The quantitative estimate of drug-likeness (QED) is 0.164. The summed E-state index contributed by atoms with van der Waals surface area (Å²) >= 11 is 1.89. The van der Waals surface area contributed by atoms with Crippen LogP contribution in [0.2, 0.25) is 0 Å². The van der Waals surface area contributed by atoms with Gasteiger partial charge in [0.25, 0.3) is 0 Å². The van der Waals surface area contributed by atoms with Crippen LogP contribution in [0.4, 0.5) is 34.1 Å². The van der Waals surface area contributed by atoms with Crippen LogP contribution in [0, 0.1) is 0 Å². The molecule has 1 heterocycles. The molecule has 310 valence electrons. The number of rotatable bonds is 6. The lowest BCUT2D eigenvalue weighted by molar-refractivity contribution is 0.660. The maximum absolute atomic E-state index is 2.43. The normalized spacial score (nSPS) is 14.1. The fraction of sp³-hybridized carbons (Fsp3) is 0.0968. The predicted octanol–water partition coefficient (Wildman–Crippen LogP) is 17.9. The van der Waals surface area contributed by atoms with E-state index in [0.717, 1.165) is 34.1 Å². The summed E-state index contributed by atoms with van der Waals surface area (Å²) in [5.41, 5.74) is 17.6. The van der Waals surface area contributed by atoms with Gasteiger partial charge in [-0.25, -0.2) is 0 Å². The second kappa shape index (κ2) is 14.0. The maximum atomic E-state index is 2.43. The Kier molecular flexibility index (Phi) is 8.20. The summed E-state index contributed by atoms with van der Waals surface area (Å²) in [6, 6.07) is 77.1. The predicted molar refractivity (Wildman–Crippen MR) is 279 cm³/mol. The van der Waals surface area contributed by atoms with Crippen LogP contribution in [-0.4, -0.2) is 0 Å². The van der Waals surface area contributed by atoms with Crippen LogP contribution in [0.3, 0.4) is 0 Å². The zero-order valence-corrected chi connectivity index (χ0v) is 37.7. The topological polar surface area (TPSA) is 6.48 Å². The molecule has 0 fully saturated rings. The van der Waals surface area contributed by atoms with Gasteiger partial charge in [-0.1, -0.05) is 137 Å². The van der Waals surface area contributed by atoms with Gasteiger partial charge >= 0.3 is 0 Å². The minimum atomic E-state index is -0.0872. The maximum Gasteiger partial charge on any atom is 0.0468 e. The molecule has 0 bridgehead atoms. The van der Waals surface area contributed by atoms with Gasteiger partial charge in [0.15, 0.2) is 0 Å². The molecule has 0 saturated carbocycles. The first kappa shape index (κ1) is 38.0. The largest absolute Gasteiger partial charge is 0.310 e. The molecule has 0 unspecified atom stereocenters. The van der Waals surface area contributed by atoms with E-state index in [2.05, 4.69) is 244 Å². The molecule has 2 aliphatic carbocycles. The van der Waals surface area contributed by atoms with Gasteiger partial charge in [-0.05, 0) is 163 Å². The van der Waals surface area contributed by atoms with Crippen LogP contribution >= 0.6 is 11.3 Å². The van der Waals surface area contributed by atoms with Crippen LogP contribution in [0.25, 0.3) is 64.0 Å². The molecule has 2 nitrogen and oxygen atoms in total. The van der Waals surface area contributed by atoms with Crippen LogP contribution in [0.1, 0.15) is 49.9 Å². The van der Waals surface area contributed by atoms with E-state index in [1.165, 1.54) is 86.2 Å². The molecule has 0 spiro atoms. The number of benzene rings is 10. The van der Waals surface area contributed by atoms with Crippen molar-refractivity contribution in [2.45, 2.75) is 38.5 Å². The van der Waals surface area contributed by atoms with Crippen molar-refractivity contribution in [3.63, 3.8) is 0 Å². The molecule has 0 aliphatic heterocycles. The van der Waals surface area contributed by atoms with Gasteiger partial charge in [0.05, 0.1) is 0 Å². The molecule has 3 heteroatoms. The Morgan fingerprint density at radius 2 is 0.662 bits per heavy atom. The first-order valence-corrected chi connectivity index (χ1v) is 23.6. The minimum absolute atomic E-state index is 0.0872. The number of nitrogens with zero attached hydrogens (tertiary/aromatic N) is 2. The van der Waals surface area contributed by atoms with Crippen molar-refractivity contribution in [2.24, 2.45) is 0 Å². The molecule has 0 N–H and O–H groups in total. The molecule has 65 heavy (non-hydrogen) atoms. The number of hydrogen-bond acceptors (Lipinski definition) is 3. The Bertz CT molecular complexity index is 3480. The summed E-state index contributed by atoms with van der Waals surface area (Å²) in [6.07, 6.45) is 0. The molecule has 0 atom stereocenters. The van der Waals surface area contributed by atoms with E-state index in [1.54, 1.807) is 0 Å². The van der Waals surface area contributed by atoms with E-state index in [1.807, 2.05) is 11.3 Å². The molecule has 0 amide bonds. The van der Waals surface area contributed by atoms with E-state index in [0.29, 0.717) is 0 Å². The van der Waals surface area contributed by atoms with Crippen molar-refractivity contribution in [2.75, 3.05) is 9.80 Å². The lowest BCUT2D eigenvalue weighted by Crippen LogP contribution is -2.16. The minimum Gasteiger partial charge on any atom is -0.310 e. The average molecular weight is 851 g/mol.